The number of nitrogens with one attached hydrogen (secondary N) is 1. The van der Waals surface area contributed by atoms with Crippen LogP contribution >= 0.6 is 0 Å². The van der Waals surface area contributed by atoms with Crippen LogP contribution in [0, 0.1) is 0 Å². The van der Waals surface area contributed by atoms with Gasteiger partial charge < -0.3 is 14.8 Å². The Hall–Kier alpha value is -3.86. The summed E-state index contributed by atoms with van der Waals surface area (Å²) in [6.07, 6.45) is 3.72. The summed E-state index contributed by atoms with van der Waals surface area (Å²) < 4.78 is 2.20. The molecular weight excluding hydrogens is 372 g/mol. The Bertz CT molecular complexity index is 1170. The van der Waals surface area contributed by atoms with Crippen LogP contribution in [-0.4, -0.2) is 15.5 Å². The molecule has 0 unspecified atom stereocenters. The zero-order chi connectivity index (χ0) is 20.3. The fourth-order valence-electron chi connectivity index (χ4n) is 3.84. The molecule has 3 heterocycles. The highest BCUT2D eigenvalue weighted by atomic mass is 16.2. The van der Waals surface area contributed by atoms with Gasteiger partial charge in [-0.25, -0.2) is 4.98 Å². The van der Waals surface area contributed by atoms with Crippen LogP contribution in [0.4, 0.5) is 11.5 Å². The lowest BCUT2D eigenvalue weighted by Gasteiger charge is -2.22. The first kappa shape index (κ1) is 18.2. The molecule has 1 N–H and O–H groups in total. The number of carbonyl (C=O) groups excluding carboxylic acids is 1. The number of hydrogen-bond donors (Lipinski definition) is 1. The van der Waals surface area contributed by atoms with Crippen molar-refractivity contribution < 1.29 is 4.79 Å². The van der Waals surface area contributed by atoms with E-state index in [1.54, 1.807) is 6.20 Å². The van der Waals surface area contributed by atoms with Gasteiger partial charge in [-0.3, -0.25) is 4.79 Å². The Morgan fingerprint density at radius 2 is 1.73 bits per heavy atom. The summed E-state index contributed by atoms with van der Waals surface area (Å²) in [5.74, 6) is 0.708. The van der Waals surface area contributed by atoms with E-state index in [2.05, 4.69) is 45.3 Å². The van der Waals surface area contributed by atoms with E-state index < -0.39 is 0 Å². The van der Waals surface area contributed by atoms with Crippen molar-refractivity contribution in [3.05, 3.63) is 114 Å². The Morgan fingerprint density at radius 3 is 2.57 bits per heavy atom. The normalized spacial score (nSPS) is 12.6. The molecule has 1 amide bonds. The number of rotatable bonds is 4. The van der Waals surface area contributed by atoms with Crippen LogP contribution in [0.25, 0.3) is 0 Å². The second-order valence-corrected chi connectivity index (χ2v) is 7.42. The lowest BCUT2D eigenvalue weighted by Crippen LogP contribution is -2.30. The third-order valence-corrected chi connectivity index (χ3v) is 5.44. The number of anilines is 2. The van der Waals surface area contributed by atoms with E-state index in [-0.39, 0.29) is 5.91 Å². The number of aromatic nitrogens is 2. The van der Waals surface area contributed by atoms with Crippen molar-refractivity contribution in [3.8, 4) is 0 Å². The number of fused-ring (bicyclic) bond motifs is 2. The number of hydrogen-bond acceptors (Lipinski definition) is 3. The zero-order valence-corrected chi connectivity index (χ0v) is 16.5. The number of benzene rings is 2. The van der Waals surface area contributed by atoms with E-state index in [0.29, 0.717) is 18.7 Å². The molecule has 0 aliphatic carbocycles. The van der Waals surface area contributed by atoms with Crippen molar-refractivity contribution in [2.24, 2.45) is 0 Å². The SMILES string of the molecule is O=C(c1ccc(NCc2ccccc2)nc1)N1Cc2cccn2Cc2ccccc21. The summed E-state index contributed by atoms with van der Waals surface area (Å²) in [5, 5.41) is 3.30. The van der Waals surface area contributed by atoms with Gasteiger partial charge in [0.1, 0.15) is 5.82 Å². The van der Waals surface area contributed by atoms with E-state index in [1.165, 1.54) is 5.56 Å². The average molecular weight is 394 g/mol. The average Bonchev–Trinajstić information content (AvgIpc) is 3.17. The molecule has 148 valence electrons. The molecule has 30 heavy (non-hydrogen) atoms. The molecule has 0 spiro atoms. The van der Waals surface area contributed by atoms with Crippen LogP contribution in [0.5, 0.6) is 0 Å². The first-order chi connectivity index (χ1) is 14.8. The first-order valence-electron chi connectivity index (χ1n) is 10.1. The topological polar surface area (TPSA) is 50.2 Å². The molecular formula is C25H22N4O. The number of nitrogens with zero attached hydrogens (tertiary/aromatic N) is 3. The summed E-state index contributed by atoms with van der Waals surface area (Å²) in [4.78, 5) is 19.7. The number of carbonyl (C=O) groups is 1. The molecule has 0 fully saturated rings. The van der Waals surface area contributed by atoms with Gasteiger partial charge in [0, 0.05) is 36.9 Å². The predicted molar refractivity (Wildman–Crippen MR) is 118 cm³/mol. The van der Waals surface area contributed by atoms with Gasteiger partial charge in [-0.05, 0) is 41.5 Å². The molecule has 0 saturated carbocycles. The quantitative estimate of drug-likeness (QED) is 0.546. The maximum absolute atomic E-state index is 13.4. The second kappa shape index (κ2) is 7.87. The van der Waals surface area contributed by atoms with Crippen molar-refractivity contribution in [1.82, 2.24) is 9.55 Å². The van der Waals surface area contributed by atoms with Crippen LogP contribution in [0.3, 0.4) is 0 Å². The van der Waals surface area contributed by atoms with Gasteiger partial charge >= 0.3 is 0 Å². The fraction of sp³-hybridized carbons (Fsp3) is 0.120. The zero-order valence-electron chi connectivity index (χ0n) is 16.5. The largest absolute Gasteiger partial charge is 0.366 e. The minimum atomic E-state index is -0.0424. The van der Waals surface area contributed by atoms with Crippen LogP contribution in [-0.2, 0) is 19.6 Å². The highest BCUT2D eigenvalue weighted by Crippen LogP contribution is 2.29. The van der Waals surface area contributed by atoms with E-state index in [9.17, 15) is 4.79 Å². The molecule has 5 heteroatoms. The number of amides is 1. The maximum Gasteiger partial charge on any atom is 0.260 e. The van der Waals surface area contributed by atoms with Crippen LogP contribution in [0.1, 0.15) is 27.2 Å². The monoisotopic (exact) mass is 394 g/mol. The van der Waals surface area contributed by atoms with Gasteiger partial charge in [0.25, 0.3) is 5.91 Å². The van der Waals surface area contributed by atoms with Gasteiger partial charge in [-0.2, -0.15) is 0 Å². The van der Waals surface area contributed by atoms with Crippen LogP contribution in [0.15, 0.2) is 91.3 Å². The minimum Gasteiger partial charge on any atom is -0.366 e. The molecule has 0 saturated heterocycles. The molecule has 5 rings (SSSR count). The summed E-state index contributed by atoms with van der Waals surface area (Å²) >= 11 is 0. The van der Waals surface area contributed by atoms with Gasteiger partial charge in [-0.15, -0.1) is 0 Å². The maximum atomic E-state index is 13.4. The molecule has 2 aromatic carbocycles. The predicted octanol–water partition coefficient (Wildman–Crippen LogP) is 4.70. The molecule has 5 nitrogen and oxygen atoms in total. The van der Waals surface area contributed by atoms with Gasteiger partial charge in [0.2, 0.25) is 0 Å². The van der Waals surface area contributed by atoms with Gasteiger partial charge in [0.05, 0.1) is 12.1 Å². The third-order valence-electron chi connectivity index (χ3n) is 5.44. The van der Waals surface area contributed by atoms with Gasteiger partial charge in [0.15, 0.2) is 0 Å². The Kier molecular flexibility index (Phi) is 4.77. The summed E-state index contributed by atoms with van der Waals surface area (Å²) in [7, 11) is 0. The summed E-state index contributed by atoms with van der Waals surface area (Å²) in [5.41, 5.74) is 4.97. The third kappa shape index (κ3) is 3.57. The van der Waals surface area contributed by atoms with Gasteiger partial charge in [-0.1, -0.05) is 48.5 Å². The van der Waals surface area contributed by atoms with E-state index >= 15 is 0 Å². The lowest BCUT2D eigenvalue weighted by molar-refractivity contribution is 0.0984. The molecule has 0 bridgehead atoms. The van der Waals surface area contributed by atoms with Crippen molar-refractivity contribution in [3.63, 3.8) is 0 Å². The Labute approximate surface area is 175 Å². The van der Waals surface area contributed by atoms with Crippen molar-refractivity contribution in [1.29, 1.82) is 0 Å². The molecule has 1 aliphatic heterocycles. The van der Waals surface area contributed by atoms with Crippen molar-refractivity contribution >= 4 is 17.4 Å². The van der Waals surface area contributed by atoms with Crippen LogP contribution in [0.2, 0.25) is 0 Å². The molecule has 2 aromatic heterocycles. The van der Waals surface area contributed by atoms with E-state index in [0.717, 1.165) is 29.3 Å². The molecule has 0 radical (unpaired) electrons. The van der Waals surface area contributed by atoms with E-state index in [4.69, 9.17) is 0 Å². The summed E-state index contributed by atoms with van der Waals surface area (Å²) in [6.45, 7) is 2.00. The highest BCUT2D eigenvalue weighted by molar-refractivity contribution is 6.06. The molecule has 0 atom stereocenters. The number of para-hydroxylation sites is 1. The smallest absolute Gasteiger partial charge is 0.260 e. The highest BCUT2D eigenvalue weighted by Gasteiger charge is 2.24. The Balaban J connectivity index is 1.37. The van der Waals surface area contributed by atoms with Crippen LogP contribution < -0.4 is 10.2 Å². The van der Waals surface area contributed by atoms with Crippen molar-refractivity contribution in [2.45, 2.75) is 19.6 Å². The lowest BCUT2D eigenvalue weighted by atomic mass is 10.1. The molecule has 4 aromatic rings. The second-order valence-electron chi connectivity index (χ2n) is 7.42. The fourth-order valence-corrected chi connectivity index (χ4v) is 3.84. The number of pyridine rings is 1. The first-order valence-corrected chi connectivity index (χ1v) is 10.1. The standard InChI is InChI=1S/C25H22N4O/c30-25(20-12-13-24(27-16-20)26-15-19-7-2-1-3-8-19)29-18-22-10-6-14-28(22)17-21-9-4-5-11-23(21)29/h1-14,16H,15,17-18H2,(H,26,27). The minimum absolute atomic E-state index is 0.0424. The van der Waals surface area contributed by atoms with Crippen molar-refractivity contribution in [2.75, 3.05) is 10.2 Å². The van der Waals surface area contributed by atoms with E-state index in [1.807, 2.05) is 59.5 Å². The Morgan fingerprint density at radius 1 is 0.900 bits per heavy atom. The summed E-state index contributed by atoms with van der Waals surface area (Å²) in [6, 6.07) is 26.1. The molecule has 1 aliphatic rings.